The molecule has 0 aliphatic heterocycles. The second-order valence-corrected chi connectivity index (χ2v) is 7.58. The van der Waals surface area contributed by atoms with Gasteiger partial charge in [-0.3, -0.25) is 4.79 Å². The van der Waals surface area contributed by atoms with Crippen molar-refractivity contribution in [3.8, 4) is 11.4 Å². The van der Waals surface area contributed by atoms with Crippen LogP contribution in [-0.4, -0.2) is 25.5 Å². The molecule has 2 aromatic heterocycles. The monoisotopic (exact) mass is 453 g/mol. The third-order valence-electron chi connectivity index (χ3n) is 5.00. The predicted octanol–water partition coefficient (Wildman–Crippen LogP) is 4.44. The van der Waals surface area contributed by atoms with Crippen molar-refractivity contribution in [2.45, 2.75) is 27.1 Å². The molecule has 0 atom stereocenters. The summed E-state index contributed by atoms with van der Waals surface area (Å²) in [4.78, 5) is 12.6. The van der Waals surface area contributed by atoms with E-state index in [9.17, 15) is 9.18 Å². The molecule has 164 valence electrons. The Bertz CT molecular complexity index is 1250. The minimum atomic E-state index is -0.517. The highest BCUT2D eigenvalue weighted by Gasteiger charge is 2.15. The Morgan fingerprint density at radius 3 is 2.66 bits per heavy atom. The topological polar surface area (TPSA) is 74.0 Å². The molecule has 0 fully saturated rings. The first-order valence-corrected chi connectivity index (χ1v) is 10.3. The van der Waals surface area contributed by atoms with Gasteiger partial charge in [0.05, 0.1) is 16.4 Å². The molecule has 32 heavy (non-hydrogen) atoms. The van der Waals surface area contributed by atoms with Crippen LogP contribution in [-0.2, 0) is 13.3 Å². The summed E-state index contributed by atoms with van der Waals surface area (Å²) >= 11 is 5.75. The maximum atomic E-state index is 13.2. The number of carbonyl (C=O) groups is 1. The Labute approximate surface area is 189 Å². The molecule has 0 aliphatic rings. The van der Waals surface area contributed by atoms with Gasteiger partial charge in [-0.25, -0.2) is 13.8 Å². The van der Waals surface area contributed by atoms with Crippen LogP contribution in [0.15, 0.2) is 60.8 Å². The molecule has 0 radical (unpaired) electrons. The first-order chi connectivity index (χ1) is 15.4. The van der Waals surface area contributed by atoms with Gasteiger partial charge in [0.2, 0.25) is 0 Å². The Kier molecular flexibility index (Phi) is 6.23. The van der Waals surface area contributed by atoms with Gasteiger partial charge in [-0.15, -0.1) is 0 Å². The van der Waals surface area contributed by atoms with Crippen molar-refractivity contribution in [3.63, 3.8) is 0 Å². The summed E-state index contributed by atoms with van der Waals surface area (Å²) in [5.41, 5.74) is 4.00. The fraction of sp³-hybridized carbons (Fsp3) is 0.174. The van der Waals surface area contributed by atoms with E-state index in [4.69, 9.17) is 16.3 Å². The third-order valence-corrected chi connectivity index (χ3v) is 5.29. The van der Waals surface area contributed by atoms with E-state index < -0.39 is 5.82 Å². The second kappa shape index (κ2) is 9.23. The molecule has 2 aromatic carbocycles. The van der Waals surface area contributed by atoms with Crippen molar-refractivity contribution in [2.75, 3.05) is 0 Å². The van der Waals surface area contributed by atoms with Gasteiger partial charge in [0.15, 0.2) is 6.73 Å². The number of ether oxygens (including phenoxy) is 1. The summed E-state index contributed by atoms with van der Waals surface area (Å²) in [7, 11) is 0. The molecule has 0 saturated heterocycles. The van der Waals surface area contributed by atoms with E-state index in [0.717, 1.165) is 22.6 Å². The fourth-order valence-corrected chi connectivity index (χ4v) is 3.44. The third kappa shape index (κ3) is 4.65. The number of nitrogens with one attached hydrogen (secondary N) is 1. The van der Waals surface area contributed by atoms with Gasteiger partial charge >= 0.3 is 0 Å². The molecule has 4 aromatic rings. The number of amides is 1. The van der Waals surface area contributed by atoms with Crippen LogP contribution in [0.2, 0.25) is 5.02 Å². The molecule has 1 amide bonds. The Morgan fingerprint density at radius 1 is 1.12 bits per heavy atom. The highest BCUT2D eigenvalue weighted by molar-refractivity contribution is 6.30. The highest BCUT2D eigenvalue weighted by atomic mass is 35.5. The van der Waals surface area contributed by atoms with E-state index in [0.29, 0.717) is 12.3 Å². The maximum absolute atomic E-state index is 13.2. The first-order valence-electron chi connectivity index (χ1n) is 9.92. The lowest BCUT2D eigenvalue weighted by Crippen LogP contribution is -2.24. The van der Waals surface area contributed by atoms with Crippen molar-refractivity contribution >= 4 is 17.5 Å². The van der Waals surface area contributed by atoms with Crippen LogP contribution in [0.25, 0.3) is 5.69 Å². The number of benzene rings is 2. The van der Waals surface area contributed by atoms with Crippen molar-refractivity contribution in [1.82, 2.24) is 24.9 Å². The van der Waals surface area contributed by atoms with E-state index in [2.05, 4.69) is 15.5 Å². The van der Waals surface area contributed by atoms with Gasteiger partial charge in [-0.1, -0.05) is 29.8 Å². The van der Waals surface area contributed by atoms with Crippen LogP contribution in [0, 0.1) is 19.7 Å². The van der Waals surface area contributed by atoms with Crippen LogP contribution in [0.4, 0.5) is 4.39 Å². The summed E-state index contributed by atoms with van der Waals surface area (Å²) in [6.45, 7) is 4.28. The van der Waals surface area contributed by atoms with Gasteiger partial charge in [0.25, 0.3) is 5.91 Å². The fourth-order valence-electron chi connectivity index (χ4n) is 3.27. The molecule has 7 nitrogen and oxygen atoms in total. The van der Waals surface area contributed by atoms with E-state index >= 15 is 0 Å². The minimum absolute atomic E-state index is 0.0239. The summed E-state index contributed by atoms with van der Waals surface area (Å²) in [6, 6.07) is 15.5. The molecule has 0 unspecified atom stereocenters. The molecule has 1 N–H and O–H groups in total. The zero-order valence-corrected chi connectivity index (χ0v) is 18.3. The number of aromatic nitrogens is 4. The number of halogens is 2. The number of rotatable bonds is 7. The average molecular weight is 454 g/mol. The van der Waals surface area contributed by atoms with Crippen molar-refractivity contribution in [2.24, 2.45) is 0 Å². The highest BCUT2D eigenvalue weighted by Crippen LogP contribution is 2.21. The zero-order chi connectivity index (χ0) is 22.7. The smallest absolute Gasteiger partial charge is 0.272 e. The number of para-hydroxylation sites is 1. The Morgan fingerprint density at radius 2 is 1.91 bits per heavy atom. The van der Waals surface area contributed by atoms with E-state index in [1.54, 1.807) is 12.3 Å². The predicted molar refractivity (Wildman–Crippen MR) is 118 cm³/mol. The molecule has 0 spiro atoms. The normalized spacial score (nSPS) is 10.9. The first kappa shape index (κ1) is 21.6. The van der Waals surface area contributed by atoms with Gasteiger partial charge < -0.3 is 10.1 Å². The Balaban J connectivity index is 1.37. The van der Waals surface area contributed by atoms with Crippen LogP contribution in [0.3, 0.4) is 0 Å². The van der Waals surface area contributed by atoms with Crippen LogP contribution in [0.1, 0.15) is 27.4 Å². The second-order valence-electron chi connectivity index (χ2n) is 7.17. The van der Waals surface area contributed by atoms with Crippen LogP contribution < -0.4 is 10.1 Å². The largest absolute Gasteiger partial charge is 0.471 e. The number of nitrogens with zero attached hydrogens (tertiary/aromatic N) is 4. The maximum Gasteiger partial charge on any atom is 0.272 e. The van der Waals surface area contributed by atoms with E-state index in [1.807, 2.05) is 48.9 Å². The molecule has 9 heteroatoms. The van der Waals surface area contributed by atoms with E-state index in [1.165, 1.54) is 22.9 Å². The average Bonchev–Trinajstić information content (AvgIpc) is 3.38. The molecular formula is C23H21ClFN5O2. The standard InChI is InChI=1S/C23H21ClFN5O2/c1-15-19(16(2)30(27-15)17-6-4-3-5-7-17)13-26-23(31)22-10-11-29(28-22)14-32-18-8-9-21(25)20(24)12-18/h3-12H,13-14H2,1-2H3,(H,26,31). The van der Waals surface area contributed by atoms with Crippen molar-refractivity contribution in [3.05, 3.63) is 94.3 Å². The molecule has 4 rings (SSSR count). The summed E-state index contributed by atoms with van der Waals surface area (Å²) in [5, 5.41) is 11.7. The lowest BCUT2D eigenvalue weighted by atomic mass is 10.2. The van der Waals surface area contributed by atoms with Crippen LogP contribution >= 0.6 is 11.6 Å². The molecule has 0 bridgehead atoms. The zero-order valence-electron chi connectivity index (χ0n) is 17.5. The summed E-state index contributed by atoms with van der Waals surface area (Å²) in [6.07, 6.45) is 1.63. The summed E-state index contributed by atoms with van der Waals surface area (Å²) < 4.78 is 22.1. The van der Waals surface area contributed by atoms with Gasteiger partial charge in [0.1, 0.15) is 17.3 Å². The molecule has 2 heterocycles. The van der Waals surface area contributed by atoms with E-state index in [-0.39, 0.29) is 23.4 Å². The van der Waals surface area contributed by atoms with Crippen molar-refractivity contribution < 1.29 is 13.9 Å². The molecular weight excluding hydrogens is 433 g/mol. The Hall–Kier alpha value is -3.65. The van der Waals surface area contributed by atoms with Gasteiger partial charge in [-0.05, 0) is 44.2 Å². The quantitative estimate of drug-likeness (QED) is 0.449. The number of hydrogen-bond donors (Lipinski definition) is 1. The van der Waals surface area contributed by atoms with Crippen LogP contribution in [0.5, 0.6) is 5.75 Å². The SMILES string of the molecule is Cc1nn(-c2ccccc2)c(C)c1CNC(=O)c1ccn(COc2ccc(F)c(Cl)c2)n1. The number of carbonyl (C=O) groups excluding carboxylic acids is 1. The lowest BCUT2D eigenvalue weighted by Gasteiger charge is -2.07. The number of aryl methyl sites for hydroxylation is 1. The van der Waals surface area contributed by atoms with Gasteiger partial charge in [0, 0.05) is 30.1 Å². The van der Waals surface area contributed by atoms with Crippen molar-refractivity contribution in [1.29, 1.82) is 0 Å². The lowest BCUT2D eigenvalue weighted by molar-refractivity contribution is 0.0943. The van der Waals surface area contributed by atoms with Gasteiger partial charge in [-0.2, -0.15) is 10.2 Å². The molecule has 0 aliphatic carbocycles. The minimum Gasteiger partial charge on any atom is -0.471 e. The molecule has 0 saturated carbocycles. The number of hydrogen-bond acceptors (Lipinski definition) is 4. The summed E-state index contributed by atoms with van der Waals surface area (Å²) in [5.74, 6) is -0.420.